The van der Waals surface area contributed by atoms with Crippen molar-refractivity contribution in [1.29, 1.82) is 0 Å². The lowest BCUT2D eigenvalue weighted by Gasteiger charge is -2.07. The molecule has 0 aliphatic heterocycles. The number of carbonyl (C=O) groups is 1. The van der Waals surface area contributed by atoms with E-state index in [1.54, 1.807) is 47.6 Å². The van der Waals surface area contributed by atoms with Crippen molar-refractivity contribution in [2.75, 3.05) is 11.6 Å². The van der Waals surface area contributed by atoms with Gasteiger partial charge in [-0.15, -0.1) is 0 Å². The quantitative estimate of drug-likeness (QED) is 0.782. The van der Waals surface area contributed by atoms with Crippen molar-refractivity contribution in [2.45, 2.75) is 4.90 Å². The number of nitrogens with zero attached hydrogens (tertiary/aromatic N) is 3. The maximum absolute atomic E-state index is 12.3. The van der Waals surface area contributed by atoms with Gasteiger partial charge in [0, 0.05) is 30.5 Å². The zero-order valence-corrected chi connectivity index (χ0v) is 13.6. The highest BCUT2D eigenvalue weighted by atomic mass is 32.2. The number of pyridine rings is 1. The number of hydrogen-bond donors (Lipinski definition) is 1. The molecule has 0 radical (unpaired) electrons. The molecule has 1 amide bonds. The van der Waals surface area contributed by atoms with Crippen molar-refractivity contribution in [3.8, 4) is 5.82 Å². The number of carbonyl (C=O) groups excluding carboxylic acids is 1. The fraction of sp³-hybridized carbons (Fsp3) is 0.0625. The molecule has 3 rings (SSSR count). The molecule has 0 bridgehead atoms. The molecule has 0 spiro atoms. The van der Waals surface area contributed by atoms with Crippen molar-refractivity contribution < 1.29 is 13.2 Å². The minimum atomic E-state index is -3.33. The van der Waals surface area contributed by atoms with Gasteiger partial charge in [-0.1, -0.05) is 6.07 Å². The summed E-state index contributed by atoms with van der Waals surface area (Å²) in [5.41, 5.74) is 0.769. The van der Waals surface area contributed by atoms with Crippen LogP contribution in [0.15, 0.2) is 66.2 Å². The van der Waals surface area contributed by atoms with Crippen LogP contribution in [-0.4, -0.2) is 35.1 Å². The van der Waals surface area contributed by atoms with Crippen LogP contribution in [0.5, 0.6) is 0 Å². The van der Waals surface area contributed by atoms with Crippen molar-refractivity contribution in [2.24, 2.45) is 0 Å². The van der Waals surface area contributed by atoms with Gasteiger partial charge in [-0.3, -0.25) is 9.36 Å². The van der Waals surface area contributed by atoms with Gasteiger partial charge < -0.3 is 5.32 Å². The van der Waals surface area contributed by atoms with Crippen LogP contribution in [-0.2, 0) is 9.84 Å². The Morgan fingerprint density at radius 2 is 2.04 bits per heavy atom. The SMILES string of the molecule is CS(=O)(=O)c1cccc(NC(=O)c2ccc(-n3ccnc3)nc2)c1. The number of sulfone groups is 1. The summed E-state index contributed by atoms with van der Waals surface area (Å²) in [6.07, 6.45) is 7.56. The number of nitrogens with one attached hydrogen (secondary N) is 1. The predicted molar refractivity (Wildman–Crippen MR) is 88.9 cm³/mol. The molecule has 0 saturated heterocycles. The van der Waals surface area contributed by atoms with Gasteiger partial charge in [0.15, 0.2) is 9.84 Å². The van der Waals surface area contributed by atoms with E-state index in [9.17, 15) is 13.2 Å². The monoisotopic (exact) mass is 342 g/mol. The van der Waals surface area contributed by atoms with Crippen LogP contribution in [0.3, 0.4) is 0 Å². The van der Waals surface area contributed by atoms with E-state index >= 15 is 0 Å². The highest BCUT2D eigenvalue weighted by Gasteiger charge is 2.11. The van der Waals surface area contributed by atoms with Gasteiger partial charge in [-0.2, -0.15) is 0 Å². The first-order valence-corrected chi connectivity index (χ1v) is 8.88. The van der Waals surface area contributed by atoms with Crippen LogP contribution >= 0.6 is 0 Å². The highest BCUT2D eigenvalue weighted by molar-refractivity contribution is 7.90. The maximum atomic E-state index is 12.3. The molecule has 8 heteroatoms. The van der Waals surface area contributed by atoms with Crippen LogP contribution in [0.4, 0.5) is 5.69 Å². The van der Waals surface area contributed by atoms with Gasteiger partial charge in [0.05, 0.1) is 10.5 Å². The Morgan fingerprint density at radius 1 is 1.21 bits per heavy atom. The standard InChI is InChI=1S/C16H14N4O3S/c1-24(22,23)14-4-2-3-13(9-14)19-16(21)12-5-6-15(18-10-12)20-8-7-17-11-20/h2-11H,1H3,(H,19,21). The zero-order valence-electron chi connectivity index (χ0n) is 12.7. The van der Waals surface area contributed by atoms with Crippen LogP contribution < -0.4 is 5.32 Å². The number of hydrogen-bond acceptors (Lipinski definition) is 5. The number of imidazole rings is 1. The largest absolute Gasteiger partial charge is 0.322 e. The van der Waals surface area contributed by atoms with Crippen LogP contribution in [0.25, 0.3) is 5.82 Å². The van der Waals surface area contributed by atoms with Gasteiger partial charge in [-0.05, 0) is 30.3 Å². The summed E-state index contributed by atoms with van der Waals surface area (Å²) in [4.78, 5) is 20.5. The lowest BCUT2D eigenvalue weighted by atomic mass is 10.2. The van der Waals surface area contributed by atoms with E-state index in [0.717, 1.165) is 6.26 Å². The summed E-state index contributed by atoms with van der Waals surface area (Å²) in [6.45, 7) is 0. The second kappa shape index (κ2) is 6.25. The van der Waals surface area contributed by atoms with E-state index in [2.05, 4.69) is 15.3 Å². The van der Waals surface area contributed by atoms with Gasteiger partial charge in [-0.25, -0.2) is 18.4 Å². The Labute approximate surface area is 138 Å². The Bertz CT molecular complexity index is 965. The zero-order chi connectivity index (χ0) is 17.2. The number of amides is 1. The first kappa shape index (κ1) is 15.9. The molecule has 0 unspecified atom stereocenters. The fourth-order valence-corrected chi connectivity index (χ4v) is 2.74. The average molecular weight is 342 g/mol. The first-order valence-electron chi connectivity index (χ1n) is 6.99. The second-order valence-corrected chi connectivity index (χ2v) is 7.14. The molecule has 0 fully saturated rings. The summed E-state index contributed by atoms with van der Waals surface area (Å²) in [5.74, 6) is 0.272. The molecule has 0 saturated carbocycles. The van der Waals surface area contributed by atoms with Gasteiger partial charge in [0.25, 0.3) is 5.91 Å². The van der Waals surface area contributed by atoms with Gasteiger partial charge >= 0.3 is 0 Å². The van der Waals surface area contributed by atoms with Gasteiger partial charge in [0.1, 0.15) is 12.1 Å². The number of rotatable bonds is 4. The van der Waals surface area contributed by atoms with E-state index < -0.39 is 9.84 Å². The molecule has 0 aliphatic carbocycles. The first-order chi connectivity index (χ1) is 11.4. The molecule has 3 aromatic rings. The minimum absolute atomic E-state index is 0.147. The average Bonchev–Trinajstić information content (AvgIpc) is 3.09. The Balaban J connectivity index is 1.78. The van der Waals surface area contributed by atoms with Crippen LogP contribution in [0.1, 0.15) is 10.4 Å². The van der Waals surface area contributed by atoms with Crippen molar-refractivity contribution in [1.82, 2.24) is 14.5 Å². The highest BCUT2D eigenvalue weighted by Crippen LogP contribution is 2.16. The molecule has 1 N–H and O–H groups in total. The summed E-state index contributed by atoms with van der Waals surface area (Å²) in [7, 11) is -3.33. The molecule has 122 valence electrons. The van der Waals surface area contributed by atoms with Crippen LogP contribution in [0.2, 0.25) is 0 Å². The molecule has 2 aromatic heterocycles. The van der Waals surface area contributed by atoms with E-state index in [1.807, 2.05) is 0 Å². The summed E-state index contributed by atoms with van der Waals surface area (Å²) < 4.78 is 24.8. The molecule has 24 heavy (non-hydrogen) atoms. The van der Waals surface area contributed by atoms with Crippen molar-refractivity contribution in [3.63, 3.8) is 0 Å². The van der Waals surface area contributed by atoms with Gasteiger partial charge in [0.2, 0.25) is 0 Å². The smallest absolute Gasteiger partial charge is 0.257 e. The molecule has 7 nitrogen and oxygen atoms in total. The van der Waals surface area contributed by atoms with E-state index in [1.165, 1.54) is 18.3 Å². The second-order valence-electron chi connectivity index (χ2n) is 5.13. The molecular weight excluding hydrogens is 328 g/mol. The number of benzene rings is 1. The van der Waals surface area contributed by atoms with Crippen LogP contribution in [0, 0.1) is 0 Å². The molecule has 2 heterocycles. The Hall–Kier alpha value is -3.00. The lowest BCUT2D eigenvalue weighted by molar-refractivity contribution is 0.102. The fourth-order valence-electron chi connectivity index (χ4n) is 2.08. The molecule has 1 aromatic carbocycles. The van der Waals surface area contributed by atoms with E-state index in [4.69, 9.17) is 0 Å². The van der Waals surface area contributed by atoms with Crippen molar-refractivity contribution in [3.05, 3.63) is 66.9 Å². The Kier molecular flexibility index (Phi) is 4.13. The number of anilines is 1. The summed E-state index contributed by atoms with van der Waals surface area (Å²) in [5, 5.41) is 2.66. The normalized spacial score (nSPS) is 11.2. The van der Waals surface area contributed by atoms with Crippen molar-refractivity contribution >= 4 is 21.4 Å². The Morgan fingerprint density at radius 3 is 2.67 bits per heavy atom. The number of aromatic nitrogens is 3. The lowest BCUT2D eigenvalue weighted by Crippen LogP contribution is -2.13. The summed E-state index contributed by atoms with van der Waals surface area (Å²) >= 11 is 0. The van der Waals surface area contributed by atoms with E-state index in [0.29, 0.717) is 17.1 Å². The molecular formula is C16H14N4O3S. The predicted octanol–water partition coefficient (Wildman–Crippen LogP) is 1.92. The summed E-state index contributed by atoms with van der Waals surface area (Å²) in [6, 6.07) is 9.43. The topological polar surface area (TPSA) is 94.0 Å². The van der Waals surface area contributed by atoms with E-state index in [-0.39, 0.29) is 10.8 Å². The molecule has 0 aliphatic rings. The third kappa shape index (κ3) is 3.49. The third-order valence-electron chi connectivity index (χ3n) is 3.30. The minimum Gasteiger partial charge on any atom is -0.322 e. The maximum Gasteiger partial charge on any atom is 0.257 e. The molecule has 0 atom stereocenters. The third-order valence-corrected chi connectivity index (χ3v) is 4.41.